The highest BCUT2D eigenvalue weighted by Gasteiger charge is 1.99. The van der Waals surface area contributed by atoms with Crippen LogP contribution in [0.2, 0.25) is 0 Å². The molecule has 0 spiro atoms. The molecule has 0 radical (unpaired) electrons. The minimum atomic E-state index is 0.908. The normalized spacial score (nSPS) is 11.1. The third-order valence-electron chi connectivity index (χ3n) is 3.60. The van der Waals surface area contributed by atoms with E-state index in [9.17, 15) is 0 Å². The predicted octanol–water partition coefficient (Wildman–Crippen LogP) is 5.52. The second kappa shape index (κ2) is 6.40. The molecule has 0 aliphatic rings. The fraction of sp³-hybridized carbons (Fsp3) is 0.0952. The van der Waals surface area contributed by atoms with Gasteiger partial charge in [0.1, 0.15) is 0 Å². The summed E-state index contributed by atoms with van der Waals surface area (Å²) in [6.07, 6.45) is 5.12. The quantitative estimate of drug-likeness (QED) is 0.575. The van der Waals surface area contributed by atoms with Crippen molar-refractivity contribution in [2.75, 3.05) is 0 Å². The van der Waals surface area contributed by atoms with Crippen LogP contribution in [-0.4, -0.2) is 4.98 Å². The van der Waals surface area contributed by atoms with E-state index < -0.39 is 0 Å². The van der Waals surface area contributed by atoms with Gasteiger partial charge in [-0.25, -0.2) is 4.98 Å². The summed E-state index contributed by atoms with van der Waals surface area (Å²) in [7, 11) is 0. The first-order chi connectivity index (χ1) is 10.7. The van der Waals surface area contributed by atoms with Crippen molar-refractivity contribution in [3.8, 4) is 0 Å². The molecule has 3 aromatic rings. The first-order valence-electron chi connectivity index (χ1n) is 7.48. The van der Waals surface area contributed by atoms with E-state index in [4.69, 9.17) is 0 Å². The number of pyridine rings is 1. The molecule has 0 aliphatic heterocycles. The number of rotatable bonds is 4. The first-order valence-corrected chi connectivity index (χ1v) is 7.48. The van der Waals surface area contributed by atoms with Crippen molar-refractivity contribution in [1.29, 1.82) is 0 Å². The van der Waals surface area contributed by atoms with E-state index in [1.165, 1.54) is 22.1 Å². The van der Waals surface area contributed by atoms with Crippen molar-refractivity contribution < 1.29 is 0 Å². The van der Waals surface area contributed by atoms with Crippen LogP contribution in [0.25, 0.3) is 23.1 Å². The maximum Gasteiger partial charge on any atom is 0.0709 e. The number of fused-ring (bicyclic) bond motifs is 1. The van der Waals surface area contributed by atoms with Gasteiger partial charge in [-0.2, -0.15) is 0 Å². The number of para-hydroxylation sites is 1. The Morgan fingerprint density at radius 1 is 0.955 bits per heavy atom. The Balaban J connectivity index is 1.91. The maximum absolute atomic E-state index is 4.68. The van der Waals surface area contributed by atoms with E-state index in [1.807, 2.05) is 18.2 Å². The first kappa shape index (κ1) is 14.3. The van der Waals surface area contributed by atoms with Crippen LogP contribution in [0.4, 0.5) is 0 Å². The lowest BCUT2D eigenvalue weighted by Crippen LogP contribution is -1.89. The summed E-state index contributed by atoms with van der Waals surface area (Å²) >= 11 is 0. The van der Waals surface area contributed by atoms with E-state index in [0.29, 0.717) is 0 Å². The molecule has 0 saturated heterocycles. The fourth-order valence-electron chi connectivity index (χ4n) is 2.53. The van der Waals surface area contributed by atoms with Crippen LogP contribution < -0.4 is 0 Å². The van der Waals surface area contributed by atoms with E-state index in [-0.39, 0.29) is 0 Å². The van der Waals surface area contributed by atoms with Gasteiger partial charge >= 0.3 is 0 Å². The summed E-state index contributed by atoms with van der Waals surface area (Å²) < 4.78 is 0. The summed E-state index contributed by atoms with van der Waals surface area (Å²) in [5.74, 6) is 0. The molecule has 0 N–H and O–H groups in total. The van der Waals surface area contributed by atoms with Crippen molar-refractivity contribution in [3.05, 3.63) is 89.6 Å². The van der Waals surface area contributed by atoms with Crippen LogP contribution in [0.1, 0.15) is 23.7 Å². The molecule has 0 amide bonds. The highest BCUT2D eigenvalue weighted by atomic mass is 14.7. The Labute approximate surface area is 131 Å². The van der Waals surface area contributed by atoms with Gasteiger partial charge in [0.2, 0.25) is 0 Å². The Hall–Kier alpha value is -2.67. The number of aromatic nitrogens is 1. The van der Waals surface area contributed by atoms with Gasteiger partial charge in [-0.3, -0.25) is 0 Å². The topological polar surface area (TPSA) is 12.9 Å². The summed E-state index contributed by atoms with van der Waals surface area (Å²) in [6.45, 7) is 6.07. The summed E-state index contributed by atoms with van der Waals surface area (Å²) in [5, 5.41) is 1.17. The van der Waals surface area contributed by atoms with Gasteiger partial charge in [0.15, 0.2) is 0 Å². The van der Waals surface area contributed by atoms with E-state index >= 15 is 0 Å². The molecule has 0 saturated carbocycles. The zero-order valence-corrected chi connectivity index (χ0v) is 12.8. The van der Waals surface area contributed by atoms with Crippen LogP contribution in [0.5, 0.6) is 0 Å². The number of benzene rings is 2. The summed E-state index contributed by atoms with van der Waals surface area (Å²) in [4.78, 5) is 4.68. The number of hydrogen-bond acceptors (Lipinski definition) is 1. The van der Waals surface area contributed by atoms with Crippen LogP contribution in [-0.2, 0) is 6.42 Å². The van der Waals surface area contributed by atoms with Gasteiger partial charge in [-0.1, -0.05) is 66.8 Å². The zero-order valence-electron chi connectivity index (χ0n) is 12.8. The minimum Gasteiger partial charge on any atom is -0.248 e. The number of hydrogen-bond donors (Lipinski definition) is 0. The van der Waals surface area contributed by atoms with Crippen molar-refractivity contribution in [3.63, 3.8) is 0 Å². The lowest BCUT2D eigenvalue weighted by atomic mass is 10.0. The van der Waals surface area contributed by atoms with Gasteiger partial charge in [-0.05, 0) is 42.7 Å². The van der Waals surface area contributed by atoms with Gasteiger partial charge in [0.05, 0.1) is 11.2 Å². The maximum atomic E-state index is 4.68. The molecule has 1 nitrogen and oxygen atoms in total. The molecule has 108 valence electrons. The average molecular weight is 285 g/mol. The molecule has 1 heteroatoms. The third kappa shape index (κ3) is 3.32. The molecule has 1 aromatic heterocycles. The van der Waals surface area contributed by atoms with Crippen LogP contribution in [0.15, 0.2) is 72.8 Å². The van der Waals surface area contributed by atoms with Gasteiger partial charge in [0, 0.05) is 5.39 Å². The average Bonchev–Trinajstić information content (AvgIpc) is 2.53. The molecule has 22 heavy (non-hydrogen) atoms. The molecule has 2 aromatic carbocycles. The highest BCUT2D eigenvalue weighted by molar-refractivity contribution is 5.81. The largest absolute Gasteiger partial charge is 0.248 e. The van der Waals surface area contributed by atoms with Crippen LogP contribution in [0.3, 0.4) is 0 Å². The van der Waals surface area contributed by atoms with Crippen LogP contribution >= 0.6 is 0 Å². The second-order valence-corrected chi connectivity index (χ2v) is 5.59. The monoisotopic (exact) mass is 285 g/mol. The fourth-order valence-corrected chi connectivity index (χ4v) is 2.53. The molecule has 3 rings (SSSR count). The summed E-state index contributed by atoms with van der Waals surface area (Å²) in [6, 6.07) is 20.8. The standard InChI is InChI=1S/C21H19N/c1-16(2)15-19-9-4-3-7-17(19)11-13-20-14-12-18-8-5-6-10-21(18)22-20/h3-14H,1,15H2,2H3/b13-11+. The molecular formula is C21H19N. The molecule has 0 fully saturated rings. The molecule has 1 heterocycles. The lowest BCUT2D eigenvalue weighted by Gasteiger charge is -2.05. The van der Waals surface area contributed by atoms with Gasteiger partial charge in [-0.15, -0.1) is 0 Å². The Morgan fingerprint density at radius 3 is 2.59 bits per heavy atom. The number of nitrogens with zero attached hydrogens (tertiary/aromatic N) is 1. The Kier molecular flexibility index (Phi) is 4.15. The van der Waals surface area contributed by atoms with Crippen molar-refractivity contribution >= 4 is 23.1 Å². The molecule has 0 atom stereocenters. The van der Waals surface area contributed by atoms with Gasteiger partial charge in [0.25, 0.3) is 0 Å². The van der Waals surface area contributed by atoms with Crippen molar-refractivity contribution in [2.45, 2.75) is 13.3 Å². The van der Waals surface area contributed by atoms with E-state index in [0.717, 1.165) is 17.6 Å². The van der Waals surface area contributed by atoms with Crippen LogP contribution in [0, 0.1) is 0 Å². The summed E-state index contributed by atoms with van der Waals surface area (Å²) in [5.41, 5.74) is 5.70. The number of allylic oxidation sites excluding steroid dienone is 1. The van der Waals surface area contributed by atoms with Gasteiger partial charge < -0.3 is 0 Å². The predicted molar refractivity (Wildman–Crippen MR) is 95.6 cm³/mol. The third-order valence-corrected chi connectivity index (χ3v) is 3.60. The van der Waals surface area contributed by atoms with Crippen molar-refractivity contribution in [1.82, 2.24) is 4.98 Å². The minimum absolute atomic E-state index is 0.908. The molecular weight excluding hydrogens is 266 g/mol. The van der Waals surface area contributed by atoms with Crippen molar-refractivity contribution in [2.24, 2.45) is 0 Å². The lowest BCUT2D eigenvalue weighted by molar-refractivity contribution is 1.15. The Bertz CT molecular complexity index is 843. The molecule has 0 bridgehead atoms. The van der Waals surface area contributed by atoms with E-state index in [2.05, 4.69) is 73.1 Å². The van der Waals surface area contributed by atoms with E-state index in [1.54, 1.807) is 0 Å². The highest BCUT2D eigenvalue weighted by Crippen LogP contribution is 2.17. The zero-order chi connectivity index (χ0) is 15.4. The molecule has 0 aliphatic carbocycles. The second-order valence-electron chi connectivity index (χ2n) is 5.59. The smallest absolute Gasteiger partial charge is 0.0709 e. The Morgan fingerprint density at radius 2 is 1.73 bits per heavy atom. The SMILES string of the molecule is C=C(C)Cc1ccccc1/C=C/c1ccc2ccccc2n1. The molecule has 0 unspecified atom stereocenters.